The average molecular weight is 401 g/mol. The second-order valence-electron chi connectivity index (χ2n) is 6.47. The predicted octanol–water partition coefficient (Wildman–Crippen LogP) is 2.77. The number of rotatable bonds is 8. The van der Waals surface area contributed by atoms with Crippen LogP contribution in [-0.4, -0.2) is 30.6 Å². The fourth-order valence-electron chi connectivity index (χ4n) is 2.69. The number of hydrogen-bond acceptors (Lipinski definition) is 6. The first-order valence-corrected chi connectivity index (χ1v) is 9.07. The van der Waals surface area contributed by atoms with Crippen molar-refractivity contribution in [1.29, 1.82) is 0 Å². The van der Waals surface area contributed by atoms with Gasteiger partial charge in [0, 0.05) is 18.5 Å². The van der Waals surface area contributed by atoms with Gasteiger partial charge in [0.25, 0.3) is 5.91 Å². The lowest BCUT2D eigenvalue weighted by Gasteiger charge is -2.13. The summed E-state index contributed by atoms with van der Waals surface area (Å²) in [6, 6.07) is 10.4. The standard InChI is InChI=1S/C21H20FNO6/c1-13(21(26)23-11-14-2-8-18-19(10-14)28-12-27-18)29-20(25)9-7-17(24)15-3-5-16(22)6-4-15/h2-6,8,10,13H,7,9,11-12H2,1H3,(H,23,26)/t13-/m0/s1. The maximum atomic E-state index is 12.9. The number of esters is 1. The Morgan fingerprint density at radius 2 is 1.79 bits per heavy atom. The van der Waals surface area contributed by atoms with Gasteiger partial charge in [0.15, 0.2) is 23.4 Å². The quantitative estimate of drug-likeness (QED) is 0.540. The molecule has 2 aromatic carbocycles. The number of nitrogens with one attached hydrogen (secondary N) is 1. The normalized spacial score (nSPS) is 12.9. The molecule has 0 saturated carbocycles. The van der Waals surface area contributed by atoms with Crippen molar-refractivity contribution in [1.82, 2.24) is 5.32 Å². The monoisotopic (exact) mass is 401 g/mol. The molecule has 1 N–H and O–H groups in total. The van der Waals surface area contributed by atoms with E-state index in [1.807, 2.05) is 0 Å². The van der Waals surface area contributed by atoms with E-state index in [0.29, 0.717) is 17.1 Å². The van der Waals surface area contributed by atoms with Gasteiger partial charge in [0.05, 0.1) is 6.42 Å². The van der Waals surface area contributed by atoms with Crippen LogP contribution in [0.3, 0.4) is 0 Å². The molecule has 0 saturated heterocycles. The van der Waals surface area contributed by atoms with Gasteiger partial charge in [-0.25, -0.2) is 4.39 Å². The average Bonchev–Trinajstić information content (AvgIpc) is 3.18. The van der Waals surface area contributed by atoms with Gasteiger partial charge < -0.3 is 19.5 Å². The van der Waals surface area contributed by atoms with E-state index < -0.39 is 23.8 Å². The first kappa shape index (κ1) is 20.3. The Morgan fingerprint density at radius 1 is 1.07 bits per heavy atom. The first-order chi connectivity index (χ1) is 13.9. The number of carbonyl (C=O) groups is 3. The highest BCUT2D eigenvalue weighted by molar-refractivity contribution is 5.97. The molecule has 152 valence electrons. The third-order valence-corrected chi connectivity index (χ3v) is 4.30. The van der Waals surface area contributed by atoms with Crippen LogP contribution in [0.15, 0.2) is 42.5 Å². The lowest BCUT2D eigenvalue weighted by atomic mass is 10.1. The van der Waals surface area contributed by atoms with Crippen LogP contribution in [0.4, 0.5) is 4.39 Å². The van der Waals surface area contributed by atoms with Gasteiger partial charge in [-0.1, -0.05) is 6.07 Å². The van der Waals surface area contributed by atoms with Crippen molar-refractivity contribution in [3.8, 4) is 11.5 Å². The topological polar surface area (TPSA) is 90.9 Å². The largest absolute Gasteiger partial charge is 0.454 e. The van der Waals surface area contributed by atoms with Crippen LogP contribution < -0.4 is 14.8 Å². The summed E-state index contributed by atoms with van der Waals surface area (Å²) < 4.78 is 28.5. The summed E-state index contributed by atoms with van der Waals surface area (Å²) in [7, 11) is 0. The summed E-state index contributed by atoms with van der Waals surface area (Å²) in [6.45, 7) is 1.86. The van der Waals surface area contributed by atoms with Crippen LogP contribution in [0.5, 0.6) is 11.5 Å². The summed E-state index contributed by atoms with van der Waals surface area (Å²) >= 11 is 0. The van der Waals surface area contributed by atoms with E-state index in [-0.39, 0.29) is 32.0 Å². The molecule has 1 aliphatic heterocycles. The van der Waals surface area contributed by atoms with Crippen molar-refractivity contribution in [2.45, 2.75) is 32.4 Å². The molecule has 29 heavy (non-hydrogen) atoms. The third kappa shape index (κ3) is 5.54. The molecule has 2 aromatic rings. The highest BCUT2D eigenvalue weighted by atomic mass is 19.1. The summed E-state index contributed by atoms with van der Waals surface area (Å²) in [5.74, 6) is -0.602. The molecule has 8 heteroatoms. The van der Waals surface area contributed by atoms with Crippen LogP contribution in [0.1, 0.15) is 35.7 Å². The molecule has 1 heterocycles. The van der Waals surface area contributed by atoms with E-state index in [1.54, 1.807) is 18.2 Å². The number of hydrogen-bond donors (Lipinski definition) is 1. The van der Waals surface area contributed by atoms with Gasteiger partial charge in [0.1, 0.15) is 5.82 Å². The number of ketones is 1. The van der Waals surface area contributed by atoms with E-state index in [9.17, 15) is 18.8 Å². The number of benzene rings is 2. The zero-order valence-corrected chi connectivity index (χ0v) is 15.8. The maximum Gasteiger partial charge on any atom is 0.307 e. The minimum absolute atomic E-state index is 0.0873. The van der Waals surface area contributed by atoms with E-state index >= 15 is 0 Å². The summed E-state index contributed by atoms with van der Waals surface area (Å²) in [6.07, 6.45) is -1.26. The van der Waals surface area contributed by atoms with Crippen LogP contribution in [0.2, 0.25) is 0 Å². The highest BCUT2D eigenvalue weighted by Gasteiger charge is 2.19. The fourth-order valence-corrected chi connectivity index (χ4v) is 2.69. The molecule has 3 rings (SSSR count). The second-order valence-corrected chi connectivity index (χ2v) is 6.47. The number of fused-ring (bicyclic) bond motifs is 1. The zero-order chi connectivity index (χ0) is 20.8. The van der Waals surface area contributed by atoms with Gasteiger partial charge in [-0.15, -0.1) is 0 Å². The fraction of sp³-hybridized carbons (Fsp3) is 0.286. The summed E-state index contributed by atoms with van der Waals surface area (Å²) in [5, 5.41) is 2.68. The molecule has 0 bridgehead atoms. The molecule has 0 aliphatic carbocycles. The van der Waals surface area contributed by atoms with E-state index in [2.05, 4.69) is 5.32 Å². The first-order valence-electron chi connectivity index (χ1n) is 9.07. The minimum Gasteiger partial charge on any atom is -0.454 e. The van der Waals surface area contributed by atoms with Crippen LogP contribution in [0.25, 0.3) is 0 Å². The highest BCUT2D eigenvalue weighted by Crippen LogP contribution is 2.32. The molecule has 0 fully saturated rings. The van der Waals surface area contributed by atoms with Crippen molar-refractivity contribution >= 4 is 17.7 Å². The van der Waals surface area contributed by atoms with Crippen molar-refractivity contribution in [2.24, 2.45) is 0 Å². The molecular weight excluding hydrogens is 381 g/mol. The molecule has 1 aliphatic rings. The second kappa shape index (κ2) is 9.18. The SMILES string of the molecule is C[C@H](OC(=O)CCC(=O)c1ccc(F)cc1)C(=O)NCc1ccc2c(c1)OCO2. The van der Waals surface area contributed by atoms with Crippen molar-refractivity contribution in [3.05, 3.63) is 59.4 Å². The Bertz CT molecular complexity index is 912. The maximum absolute atomic E-state index is 12.9. The Hall–Kier alpha value is -3.42. The van der Waals surface area contributed by atoms with Gasteiger partial charge in [0.2, 0.25) is 6.79 Å². The van der Waals surface area contributed by atoms with Crippen molar-refractivity contribution < 1.29 is 33.0 Å². The van der Waals surface area contributed by atoms with Crippen LogP contribution in [0, 0.1) is 5.82 Å². The smallest absolute Gasteiger partial charge is 0.307 e. The lowest BCUT2D eigenvalue weighted by molar-refractivity contribution is -0.154. The summed E-state index contributed by atoms with van der Waals surface area (Å²) in [4.78, 5) is 36.0. The summed E-state index contributed by atoms with van der Waals surface area (Å²) in [5.41, 5.74) is 1.12. The Morgan fingerprint density at radius 3 is 2.55 bits per heavy atom. The number of amides is 1. The van der Waals surface area contributed by atoms with Crippen LogP contribution >= 0.6 is 0 Å². The Kier molecular flexibility index (Phi) is 6.43. The van der Waals surface area contributed by atoms with E-state index in [4.69, 9.17) is 14.2 Å². The molecule has 0 spiro atoms. The van der Waals surface area contributed by atoms with Crippen LogP contribution in [-0.2, 0) is 20.9 Å². The third-order valence-electron chi connectivity index (χ3n) is 4.30. The number of carbonyl (C=O) groups excluding carboxylic acids is 3. The van der Waals surface area contributed by atoms with Gasteiger partial charge in [-0.2, -0.15) is 0 Å². The van der Waals surface area contributed by atoms with Gasteiger partial charge in [-0.05, 0) is 48.9 Å². The minimum atomic E-state index is -1.00. The zero-order valence-electron chi connectivity index (χ0n) is 15.8. The molecule has 1 amide bonds. The van der Waals surface area contributed by atoms with Crippen molar-refractivity contribution in [3.63, 3.8) is 0 Å². The molecule has 0 aromatic heterocycles. The predicted molar refractivity (Wildman–Crippen MR) is 99.9 cm³/mol. The molecule has 0 radical (unpaired) electrons. The van der Waals surface area contributed by atoms with Crippen molar-refractivity contribution in [2.75, 3.05) is 6.79 Å². The molecule has 7 nitrogen and oxygen atoms in total. The van der Waals surface area contributed by atoms with Gasteiger partial charge >= 0.3 is 5.97 Å². The Balaban J connectivity index is 1.41. The number of halogens is 1. The number of ether oxygens (including phenoxy) is 3. The van der Waals surface area contributed by atoms with E-state index in [1.165, 1.54) is 31.2 Å². The van der Waals surface area contributed by atoms with Gasteiger partial charge in [-0.3, -0.25) is 14.4 Å². The molecule has 0 unspecified atom stereocenters. The lowest BCUT2D eigenvalue weighted by Crippen LogP contribution is -2.35. The molecule has 1 atom stereocenters. The molecular formula is C21H20FNO6. The van der Waals surface area contributed by atoms with E-state index in [0.717, 1.165) is 5.56 Å². The Labute approximate surface area is 166 Å². The number of Topliss-reactive ketones (excluding diaryl/α,β-unsaturated/α-hetero) is 1.